The van der Waals surface area contributed by atoms with Gasteiger partial charge >= 0.3 is 0 Å². The summed E-state index contributed by atoms with van der Waals surface area (Å²) in [5, 5.41) is 0. The largest absolute Gasteiger partial charge is 0.478 e. The predicted molar refractivity (Wildman–Crippen MR) is 62.8 cm³/mol. The van der Waals surface area contributed by atoms with Crippen LogP contribution in [0.25, 0.3) is 0 Å². The Bertz CT molecular complexity index is 410. The summed E-state index contributed by atoms with van der Waals surface area (Å²) in [7, 11) is 0. The Morgan fingerprint density at radius 2 is 2.24 bits per heavy atom. The molecule has 0 bridgehead atoms. The summed E-state index contributed by atoms with van der Waals surface area (Å²) in [6.07, 6.45) is 1.46. The fourth-order valence-electron chi connectivity index (χ4n) is 1.76. The van der Waals surface area contributed by atoms with Gasteiger partial charge in [0.1, 0.15) is 18.7 Å². The standard InChI is InChI=1S/C11H16N4O2/c1-3-14-8-15(6-11(14)16)9-5-10(17-4-2)13-7-12-9/h5,7H,3-4,6,8H2,1-2H3. The molecule has 1 fully saturated rings. The highest BCUT2D eigenvalue weighted by Gasteiger charge is 2.27. The van der Waals surface area contributed by atoms with Gasteiger partial charge in [0.15, 0.2) is 0 Å². The summed E-state index contributed by atoms with van der Waals surface area (Å²) in [6, 6.07) is 1.76. The Morgan fingerprint density at radius 1 is 1.41 bits per heavy atom. The van der Waals surface area contributed by atoms with Crippen molar-refractivity contribution in [1.82, 2.24) is 14.9 Å². The molecule has 1 aromatic heterocycles. The summed E-state index contributed by atoms with van der Waals surface area (Å²) in [6.45, 7) is 6.11. The monoisotopic (exact) mass is 236 g/mol. The van der Waals surface area contributed by atoms with Gasteiger partial charge in [-0.2, -0.15) is 0 Å². The predicted octanol–water partition coefficient (Wildman–Crippen LogP) is 0.501. The van der Waals surface area contributed by atoms with Gasteiger partial charge in [-0.1, -0.05) is 0 Å². The van der Waals surface area contributed by atoms with Gasteiger partial charge < -0.3 is 14.5 Å². The van der Waals surface area contributed by atoms with Crippen LogP contribution in [-0.2, 0) is 4.79 Å². The van der Waals surface area contributed by atoms with E-state index in [-0.39, 0.29) is 5.91 Å². The number of carbonyl (C=O) groups excluding carboxylic acids is 1. The fourth-order valence-corrected chi connectivity index (χ4v) is 1.76. The van der Waals surface area contributed by atoms with E-state index in [0.717, 1.165) is 12.4 Å². The number of nitrogens with zero attached hydrogens (tertiary/aromatic N) is 4. The van der Waals surface area contributed by atoms with Crippen LogP contribution in [0.2, 0.25) is 0 Å². The van der Waals surface area contributed by atoms with E-state index in [0.29, 0.717) is 25.7 Å². The second-order valence-corrected chi connectivity index (χ2v) is 3.74. The number of ether oxygens (including phenoxy) is 1. The minimum absolute atomic E-state index is 0.129. The van der Waals surface area contributed by atoms with E-state index in [1.54, 1.807) is 11.0 Å². The Morgan fingerprint density at radius 3 is 2.88 bits per heavy atom. The van der Waals surface area contributed by atoms with Gasteiger partial charge in [-0.25, -0.2) is 9.97 Å². The highest BCUT2D eigenvalue weighted by Crippen LogP contribution is 2.19. The normalized spacial score (nSPS) is 15.5. The first kappa shape index (κ1) is 11.6. The van der Waals surface area contributed by atoms with Crippen molar-refractivity contribution in [3.8, 4) is 5.88 Å². The third-order valence-corrected chi connectivity index (χ3v) is 2.65. The molecule has 0 N–H and O–H groups in total. The van der Waals surface area contributed by atoms with Gasteiger partial charge in [0.2, 0.25) is 11.8 Å². The van der Waals surface area contributed by atoms with Crippen molar-refractivity contribution in [2.45, 2.75) is 13.8 Å². The number of hydrogen-bond donors (Lipinski definition) is 0. The van der Waals surface area contributed by atoms with Gasteiger partial charge in [-0.05, 0) is 13.8 Å². The Kier molecular flexibility index (Phi) is 3.41. The molecule has 0 saturated carbocycles. The third-order valence-electron chi connectivity index (χ3n) is 2.65. The molecule has 2 rings (SSSR count). The lowest BCUT2D eigenvalue weighted by Gasteiger charge is -2.17. The highest BCUT2D eigenvalue weighted by molar-refractivity contribution is 5.84. The maximum Gasteiger partial charge on any atom is 0.243 e. The zero-order chi connectivity index (χ0) is 12.3. The summed E-state index contributed by atoms with van der Waals surface area (Å²) in [5.74, 6) is 1.40. The third kappa shape index (κ3) is 2.46. The van der Waals surface area contributed by atoms with E-state index >= 15 is 0 Å². The molecule has 0 atom stereocenters. The number of carbonyl (C=O) groups is 1. The van der Waals surface area contributed by atoms with Gasteiger partial charge in [-0.15, -0.1) is 0 Å². The minimum atomic E-state index is 0.129. The first-order valence-corrected chi connectivity index (χ1v) is 5.72. The topological polar surface area (TPSA) is 58.6 Å². The lowest BCUT2D eigenvalue weighted by atomic mass is 10.5. The van der Waals surface area contributed by atoms with Crippen molar-refractivity contribution < 1.29 is 9.53 Å². The smallest absolute Gasteiger partial charge is 0.243 e. The number of hydrogen-bond acceptors (Lipinski definition) is 5. The molecule has 0 unspecified atom stereocenters. The quantitative estimate of drug-likeness (QED) is 0.762. The minimum Gasteiger partial charge on any atom is -0.478 e. The van der Waals surface area contributed by atoms with Crippen LogP contribution in [-0.4, -0.2) is 47.1 Å². The molecule has 0 radical (unpaired) electrons. The van der Waals surface area contributed by atoms with Crippen molar-refractivity contribution in [3.05, 3.63) is 12.4 Å². The molecular weight excluding hydrogens is 220 g/mol. The zero-order valence-corrected chi connectivity index (χ0v) is 10.1. The van der Waals surface area contributed by atoms with Gasteiger partial charge in [0, 0.05) is 12.6 Å². The van der Waals surface area contributed by atoms with Crippen molar-refractivity contribution >= 4 is 11.7 Å². The van der Waals surface area contributed by atoms with Crippen LogP contribution in [0.1, 0.15) is 13.8 Å². The first-order valence-electron chi connectivity index (χ1n) is 5.72. The van der Waals surface area contributed by atoms with Crippen LogP contribution in [0.5, 0.6) is 5.88 Å². The summed E-state index contributed by atoms with van der Waals surface area (Å²) >= 11 is 0. The number of amides is 1. The molecule has 17 heavy (non-hydrogen) atoms. The van der Waals surface area contributed by atoms with Gasteiger partial charge in [0.05, 0.1) is 13.3 Å². The number of anilines is 1. The van der Waals surface area contributed by atoms with Crippen LogP contribution in [0.4, 0.5) is 5.82 Å². The van der Waals surface area contributed by atoms with Crippen molar-refractivity contribution in [3.63, 3.8) is 0 Å². The first-order chi connectivity index (χ1) is 8.24. The molecule has 6 heteroatoms. The van der Waals surface area contributed by atoms with E-state index in [2.05, 4.69) is 9.97 Å². The molecule has 1 aliphatic heterocycles. The van der Waals surface area contributed by atoms with Crippen molar-refractivity contribution in [2.75, 3.05) is 31.3 Å². The Labute approximate surface area is 100 Å². The molecule has 6 nitrogen and oxygen atoms in total. The molecule has 0 aliphatic carbocycles. The lowest BCUT2D eigenvalue weighted by Crippen LogP contribution is -2.27. The zero-order valence-electron chi connectivity index (χ0n) is 10.1. The lowest BCUT2D eigenvalue weighted by molar-refractivity contribution is -0.126. The highest BCUT2D eigenvalue weighted by atomic mass is 16.5. The molecule has 92 valence electrons. The van der Waals surface area contributed by atoms with Crippen LogP contribution < -0.4 is 9.64 Å². The van der Waals surface area contributed by atoms with E-state index < -0.39 is 0 Å². The number of likely N-dealkylation sites (N-methyl/N-ethyl adjacent to an activating group) is 1. The Hall–Kier alpha value is -1.85. The van der Waals surface area contributed by atoms with Crippen molar-refractivity contribution in [1.29, 1.82) is 0 Å². The number of rotatable bonds is 4. The SMILES string of the molecule is CCOc1cc(N2CC(=O)N(CC)C2)ncn1. The van der Waals surface area contributed by atoms with Gasteiger partial charge in [0.25, 0.3) is 0 Å². The van der Waals surface area contributed by atoms with Gasteiger partial charge in [-0.3, -0.25) is 4.79 Å². The summed E-state index contributed by atoms with van der Waals surface area (Å²) in [5.41, 5.74) is 0. The van der Waals surface area contributed by atoms with Crippen LogP contribution in [0, 0.1) is 0 Å². The second kappa shape index (κ2) is 4.99. The maximum absolute atomic E-state index is 11.6. The van der Waals surface area contributed by atoms with E-state index in [9.17, 15) is 4.79 Å². The average Bonchev–Trinajstić information content (AvgIpc) is 2.71. The van der Waals surface area contributed by atoms with E-state index in [1.807, 2.05) is 18.7 Å². The van der Waals surface area contributed by atoms with E-state index in [1.165, 1.54) is 6.33 Å². The molecule has 1 aromatic rings. The average molecular weight is 236 g/mol. The molecular formula is C11H16N4O2. The maximum atomic E-state index is 11.6. The summed E-state index contributed by atoms with van der Waals surface area (Å²) < 4.78 is 5.31. The van der Waals surface area contributed by atoms with Crippen LogP contribution >= 0.6 is 0 Å². The van der Waals surface area contributed by atoms with Crippen molar-refractivity contribution in [2.24, 2.45) is 0 Å². The molecule has 2 heterocycles. The fraction of sp³-hybridized carbons (Fsp3) is 0.545. The molecule has 1 aliphatic rings. The number of aromatic nitrogens is 2. The van der Waals surface area contributed by atoms with Crippen LogP contribution in [0.3, 0.4) is 0 Å². The summed E-state index contributed by atoms with van der Waals surface area (Å²) in [4.78, 5) is 23.5. The second-order valence-electron chi connectivity index (χ2n) is 3.74. The Balaban J connectivity index is 2.12. The molecule has 0 spiro atoms. The molecule has 1 amide bonds. The van der Waals surface area contributed by atoms with Crippen LogP contribution in [0.15, 0.2) is 12.4 Å². The van der Waals surface area contributed by atoms with E-state index in [4.69, 9.17) is 4.74 Å². The molecule has 0 aromatic carbocycles. The molecule has 1 saturated heterocycles.